The molecule has 4 heterocycles. The number of nitrogens with zero attached hydrogens (tertiary/aromatic N) is 5. The Labute approximate surface area is 181 Å². The second-order valence-corrected chi connectivity index (χ2v) is 7.82. The molecule has 4 aromatic heterocycles. The second kappa shape index (κ2) is 7.81. The van der Waals surface area contributed by atoms with E-state index in [9.17, 15) is 17.6 Å². The maximum absolute atomic E-state index is 13.4. The van der Waals surface area contributed by atoms with Gasteiger partial charge in [-0.15, -0.1) is 0 Å². The molecule has 0 aliphatic heterocycles. The molecule has 0 unspecified atom stereocenters. The zero-order chi connectivity index (χ0) is 23.1. The topological polar surface area (TPSA) is 56.5 Å². The van der Waals surface area contributed by atoms with E-state index >= 15 is 0 Å². The van der Waals surface area contributed by atoms with Gasteiger partial charge < -0.3 is 0 Å². The van der Waals surface area contributed by atoms with Crippen molar-refractivity contribution in [2.24, 2.45) is 0 Å². The third-order valence-electron chi connectivity index (χ3n) is 5.21. The first-order valence-corrected chi connectivity index (χ1v) is 9.77. The minimum absolute atomic E-state index is 0.265. The zero-order valence-corrected chi connectivity index (χ0v) is 17.5. The van der Waals surface area contributed by atoms with Gasteiger partial charge in [-0.3, -0.25) is 4.98 Å². The van der Waals surface area contributed by atoms with Crippen molar-refractivity contribution in [3.63, 3.8) is 0 Å². The van der Waals surface area contributed by atoms with Crippen molar-refractivity contribution in [3.8, 4) is 17.1 Å². The molecule has 4 rings (SSSR count). The van der Waals surface area contributed by atoms with Crippen LogP contribution in [0.1, 0.15) is 36.6 Å². The van der Waals surface area contributed by atoms with Gasteiger partial charge in [-0.05, 0) is 63.2 Å². The third-order valence-corrected chi connectivity index (χ3v) is 5.21. The Morgan fingerprint density at radius 3 is 2.12 bits per heavy atom. The number of pyridine rings is 3. The molecular weight excluding hydrogens is 422 g/mol. The Kier molecular flexibility index (Phi) is 5.28. The normalized spacial score (nSPS) is 12.2. The van der Waals surface area contributed by atoms with E-state index < -0.39 is 23.2 Å². The highest BCUT2D eigenvalue weighted by Crippen LogP contribution is 2.32. The van der Waals surface area contributed by atoms with Crippen molar-refractivity contribution >= 4 is 0 Å². The summed E-state index contributed by atoms with van der Waals surface area (Å²) in [6.45, 7) is 5.55. The molecule has 0 radical (unpaired) electrons. The van der Waals surface area contributed by atoms with E-state index in [-0.39, 0.29) is 5.82 Å². The number of aryl methyl sites for hydroxylation is 1. The summed E-state index contributed by atoms with van der Waals surface area (Å²) in [5, 5.41) is 3.59. The van der Waals surface area contributed by atoms with E-state index in [1.807, 2.05) is 32.0 Å². The van der Waals surface area contributed by atoms with Gasteiger partial charge in [0.15, 0.2) is 11.5 Å². The Bertz CT molecular complexity index is 1280. The average Bonchev–Trinajstić information content (AvgIpc) is 3.25. The smallest absolute Gasteiger partial charge is 0.252 e. The van der Waals surface area contributed by atoms with E-state index in [0.29, 0.717) is 28.3 Å². The SMILES string of the molecule is Cc1nc(F)ccc1-c1cccc(C(C)(C)c2cccc(-n3ccc(C(F)(F)F)n3)n2)n1. The average molecular weight is 441 g/mol. The number of hydrogen-bond donors (Lipinski definition) is 0. The van der Waals surface area contributed by atoms with Gasteiger partial charge in [-0.2, -0.15) is 22.7 Å². The molecule has 0 saturated carbocycles. The van der Waals surface area contributed by atoms with Crippen molar-refractivity contribution in [1.82, 2.24) is 24.7 Å². The summed E-state index contributed by atoms with van der Waals surface area (Å²) in [5.41, 5.74) is 1.51. The lowest BCUT2D eigenvalue weighted by molar-refractivity contribution is -0.141. The summed E-state index contributed by atoms with van der Waals surface area (Å²) in [7, 11) is 0. The first kappa shape index (κ1) is 21.6. The minimum Gasteiger partial charge on any atom is -0.252 e. The molecule has 0 N–H and O–H groups in total. The van der Waals surface area contributed by atoms with E-state index in [0.717, 1.165) is 10.7 Å². The van der Waals surface area contributed by atoms with Crippen LogP contribution in [0.25, 0.3) is 17.1 Å². The zero-order valence-electron chi connectivity index (χ0n) is 17.5. The number of aromatic nitrogens is 5. The van der Waals surface area contributed by atoms with Gasteiger partial charge in [0.2, 0.25) is 5.95 Å². The van der Waals surface area contributed by atoms with Crippen molar-refractivity contribution in [2.45, 2.75) is 32.4 Å². The fraction of sp³-hybridized carbons (Fsp3) is 0.217. The van der Waals surface area contributed by atoms with Crippen LogP contribution in [0.15, 0.2) is 60.8 Å². The van der Waals surface area contributed by atoms with Crippen LogP contribution in [0.3, 0.4) is 0 Å². The molecule has 0 amide bonds. The number of rotatable bonds is 4. The van der Waals surface area contributed by atoms with Crippen LogP contribution < -0.4 is 0 Å². The number of hydrogen-bond acceptors (Lipinski definition) is 4. The van der Waals surface area contributed by atoms with Crippen LogP contribution in [0.4, 0.5) is 17.6 Å². The van der Waals surface area contributed by atoms with Gasteiger partial charge in [0.25, 0.3) is 0 Å². The second-order valence-electron chi connectivity index (χ2n) is 7.82. The molecule has 164 valence electrons. The molecule has 9 heteroatoms. The maximum Gasteiger partial charge on any atom is 0.435 e. The van der Waals surface area contributed by atoms with Gasteiger partial charge in [-0.25, -0.2) is 14.6 Å². The molecule has 5 nitrogen and oxygen atoms in total. The molecule has 0 bridgehead atoms. The standard InChI is InChI=1S/C23H19F4N5/c1-14-15(10-11-20(24)28-14)16-6-4-7-17(29-16)22(2,3)18-8-5-9-21(30-18)32-13-12-19(31-32)23(25,26)27/h4-13H,1-3H3. The minimum atomic E-state index is -4.53. The Hall–Kier alpha value is -3.62. The van der Waals surface area contributed by atoms with Crippen molar-refractivity contribution in [1.29, 1.82) is 0 Å². The lowest BCUT2D eigenvalue weighted by Gasteiger charge is -2.24. The maximum atomic E-state index is 13.4. The van der Waals surface area contributed by atoms with Crippen LogP contribution in [-0.2, 0) is 11.6 Å². The van der Waals surface area contributed by atoms with E-state index in [2.05, 4.69) is 15.1 Å². The summed E-state index contributed by atoms with van der Waals surface area (Å²) in [6, 6.07) is 14.4. The largest absolute Gasteiger partial charge is 0.435 e. The Morgan fingerprint density at radius 1 is 0.781 bits per heavy atom. The Morgan fingerprint density at radius 2 is 1.47 bits per heavy atom. The summed E-state index contributed by atoms with van der Waals surface area (Å²) in [4.78, 5) is 13.2. The van der Waals surface area contributed by atoms with Crippen LogP contribution in [-0.4, -0.2) is 24.7 Å². The van der Waals surface area contributed by atoms with Crippen molar-refractivity contribution in [3.05, 3.63) is 89.5 Å². The predicted octanol–water partition coefficient (Wildman–Crippen LogP) is 5.52. The van der Waals surface area contributed by atoms with Crippen molar-refractivity contribution in [2.75, 3.05) is 0 Å². The summed E-state index contributed by atoms with van der Waals surface area (Å²) in [5.74, 6) is -0.295. The summed E-state index contributed by atoms with van der Waals surface area (Å²) in [6.07, 6.45) is -3.30. The molecule has 0 aliphatic carbocycles. The number of halogens is 4. The van der Waals surface area contributed by atoms with Crippen LogP contribution in [0.5, 0.6) is 0 Å². The van der Waals surface area contributed by atoms with E-state index in [1.54, 1.807) is 31.2 Å². The molecule has 0 fully saturated rings. The monoisotopic (exact) mass is 441 g/mol. The molecule has 0 aliphatic rings. The van der Waals surface area contributed by atoms with Gasteiger partial charge >= 0.3 is 6.18 Å². The van der Waals surface area contributed by atoms with Crippen LogP contribution in [0.2, 0.25) is 0 Å². The van der Waals surface area contributed by atoms with Gasteiger partial charge in [0, 0.05) is 22.9 Å². The summed E-state index contributed by atoms with van der Waals surface area (Å²) >= 11 is 0. The Balaban J connectivity index is 1.71. The lowest BCUT2D eigenvalue weighted by atomic mass is 9.84. The molecule has 32 heavy (non-hydrogen) atoms. The highest BCUT2D eigenvalue weighted by Gasteiger charge is 2.34. The highest BCUT2D eigenvalue weighted by atomic mass is 19.4. The van der Waals surface area contributed by atoms with E-state index in [4.69, 9.17) is 4.98 Å². The highest BCUT2D eigenvalue weighted by molar-refractivity contribution is 5.62. The molecule has 0 atom stereocenters. The quantitative estimate of drug-likeness (QED) is 0.309. The first-order valence-electron chi connectivity index (χ1n) is 9.77. The summed E-state index contributed by atoms with van der Waals surface area (Å²) < 4.78 is 53.2. The fourth-order valence-electron chi connectivity index (χ4n) is 3.37. The van der Waals surface area contributed by atoms with Crippen molar-refractivity contribution < 1.29 is 17.6 Å². The molecule has 0 aromatic carbocycles. The molecular formula is C23H19F4N5. The molecule has 4 aromatic rings. The number of alkyl halides is 3. The lowest BCUT2D eigenvalue weighted by Crippen LogP contribution is -2.23. The van der Waals surface area contributed by atoms with Crippen LogP contribution >= 0.6 is 0 Å². The molecule has 0 spiro atoms. The van der Waals surface area contributed by atoms with Gasteiger partial charge in [0.05, 0.1) is 17.1 Å². The fourth-order valence-corrected chi connectivity index (χ4v) is 3.37. The van der Waals surface area contributed by atoms with E-state index in [1.165, 1.54) is 12.3 Å². The molecule has 0 saturated heterocycles. The van der Waals surface area contributed by atoms with Gasteiger partial charge in [-0.1, -0.05) is 12.1 Å². The third kappa shape index (κ3) is 4.10. The van der Waals surface area contributed by atoms with Crippen LogP contribution in [0, 0.1) is 12.9 Å². The first-order chi connectivity index (χ1) is 15.1. The predicted molar refractivity (Wildman–Crippen MR) is 111 cm³/mol. The van der Waals surface area contributed by atoms with Gasteiger partial charge in [0.1, 0.15) is 0 Å².